The van der Waals surface area contributed by atoms with Gasteiger partial charge in [-0.15, -0.1) is 6.58 Å². The summed E-state index contributed by atoms with van der Waals surface area (Å²) in [6, 6.07) is 8.13. The van der Waals surface area contributed by atoms with E-state index in [-0.39, 0.29) is 5.41 Å². The van der Waals surface area contributed by atoms with Crippen molar-refractivity contribution in [2.24, 2.45) is 0 Å². The second-order valence-electron chi connectivity index (χ2n) is 4.41. The lowest BCUT2D eigenvalue weighted by atomic mass is 9.69. The summed E-state index contributed by atoms with van der Waals surface area (Å²) in [5.41, 5.74) is 1.04. The number of ketones is 1. The summed E-state index contributed by atoms with van der Waals surface area (Å²) in [4.78, 5) is 11.7. The molecule has 0 bridgehead atoms. The van der Waals surface area contributed by atoms with Crippen molar-refractivity contribution in [3.05, 3.63) is 47.0 Å². The average Bonchev–Trinajstić information content (AvgIpc) is 2.29. The Labute approximate surface area is 105 Å². The molecule has 2 rings (SSSR count). The summed E-state index contributed by atoms with van der Waals surface area (Å²) < 4.78 is 1.07. The van der Waals surface area contributed by atoms with E-state index in [0.717, 1.165) is 23.7 Å². The van der Waals surface area contributed by atoms with Gasteiger partial charge in [-0.25, -0.2) is 0 Å². The molecule has 1 aliphatic rings. The third-order valence-corrected chi connectivity index (χ3v) is 4.08. The van der Waals surface area contributed by atoms with Crippen LogP contribution in [0.2, 0.25) is 0 Å². The van der Waals surface area contributed by atoms with Gasteiger partial charge in [0.2, 0.25) is 0 Å². The maximum atomic E-state index is 11.7. The van der Waals surface area contributed by atoms with Gasteiger partial charge in [0.25, 0.3) is 0 Å². The summed E-state index contributed by atoms with van der Waals surface area (Å²) in [5, 5.41) is 0. The molecule has 0 spiro atoms. The zero-order valence-electron chi connectivity index (χ0n) is 9.21. The molecule has 1 saturated carbocycles. The number of hydrogen-bond acceptors (Lipinski definition) is 1. The van der Waals surface area contributed by atoms with Crippen LogP contribution in [0, 0.1) is 0 Å². The third kappa shape index (κ3) is 1.99. The number of allylic oxidation sites excluding steroid dienone is 1. The van der Waals surface area contributed by atoms with Crippen LogP contribution in [-0.4, -0.2) is 5.78 Å². The van der Waals surface area contributed by atoms with E-state index in [1.165, 1.54) is 5.56 Å². The lowest BCUT2D eigenvalue weighted by Crippen LogP contribution is -2.31. The summed E-state index contributed by atoms with van der Waals surface area (Å²) in [5.74, 6) is 0.349. The minimum absolute atomic E-state index is 0.157. The first-order valence-electron chi connectivity index (χ1n) is 5.58. The van der Waals surface area contributed by atoms with Crippen molar-refractivity contribution in [2.45, 2.75) is 31.1 Å². The molecule has 0 amide bonds. The molecule has 0 heterocycles. The van der Waals surface area contributed by atoms with Crippen molar-refractivity contribution in [2.75, 3.05) is 0 Å². The first-order valence-corrected chi connectivity index (χ1v) is 6.37. The second kappa shape index (κ2) is 4.54. The topological polar surface area (TPSA) is 17.1 Å². The van der Waals surface area contributed by atoms with Gasteiger partial charge in [0, 0.05) is 22.7 Å². The van der Waals surface area contributed by atoms with Crippen molar-refractivity contribution in [1.82, 2.24) is 0 Å². The van der Waals surface area contributed by atoms with Gasteiger partial charge in [-0.3, -0.25) is 4.79 Å². The highest BCUT2D eigenvalue weighted by molar-refractivity contribution is 9.10. The SMILES string of the molecule is C=CC1(c2ccccc2Br)CCCC(=O)C1. The molecule has 0 aromatic heterocycles. The van der Waals surface area contributed by atoms with Crippen molar-refractivity contribution in [3.8, 4) is 0 Å². The number of hydrogen-bond donors (Lipinski definition) is 0. The van der Waals surface area contributed by atoms with E-state index in [1.54, 1.807) is 0 Å². The third-order valence-electron chi connectivity index (χ3n) is 3.39. The number of rotatable bonds is 2. The number of Topliss-reactive ketones (excluding diaryl/α,β-unsaturated/α-hetero) is 1. The standard InChI is InChI=1S/C14H15BrO/c1-2-14(9-5-6-11(16)10-14)12-7-3-4-8-13(12)15/h2-4,7-8H,1,5-6,9-10H2. The second-order valence-corrected chi connectivity index (χ2v) is 5.26. The van der Waals surface area contributed by atoms with Gasteiger partial charge < -0.3 is 0 Å². The minimum atomic E-state index is -0.157. The van der Waals surface area contributed by atoms with E-state index < -0.39 is 0 Å². The summed E-state index contributed by atoms with van der Waals surface area (Å²) in [6.45, 7) is 3.94. The van der Waals surface area contributed by atoms with Crippen LogP contribution in [0.4, 0.5) is 0 Å². The maximum absolute atomic E-state index is 11.7. The zero-order chi connectivity index (χ0) is 11.6. The molecule has 1 aromatic rings. The number of carbonyl (C=O) groups excluding carboxylic acids is 1. The zero-order valence-corrected chi connectivity index (χ0v) is 10.8. The Morgan fingerprint density at radius 1 is 1.38 bits per heavy atom. The van der Waals surface area contributed by atoms with Crippen LogP contribution in [0.15, 0.2) is 41.4 Å². The highest BCUT2D eigenvalue weighted by atomic mass is 79.9. The summed E-state index contributed by atoms with van der Waals surface area (Å²) in [7, 11) is 0. The maximum Gasteiger partial charge on any atom is 0.134 e. The number of halogens is 1. The molecule has 1 atom stereocenters. The van der Waals surface area contributed by atoms with Gasteiger partial charge >= 0.3 is 0 Å². The van der Waals surface area contributed by atoms with E-state index in [4.69, 9.17) is 0 Å². The molecule has 1 aromatic carbocycles. The Hall–Kier alpha value is -0.890. The molecule has 0 radical (unpaired) electrons. The molecule has 16 heavy (non-hydrogen) atoms. The molecule has 1 fully saturated rings. The molecular weight excluding hydrogens is 264 g/mol. The molecule has 2 heteroatoms. The fourth-order valence-electron chi connectivity index (χ4n) is 2.51. The van der Waals surface area contributed by atoms with Crippen molar-refractivity contribution in [3.63, 3.8) is 0 Å². The van der Waals surface area contributed by atoms with E-state index in [1.807, 2.05) is 24.3 Å². The lowest BCUT2D eigenvalue weighted by Gasteiger charge is -2.34. The van der Waals surface area contributed by atoms with E-state index in [9.17, 15) is 4.79 Å². The Morgan fingerprint density at radius 2 is 2.12 bits per heavy atom. The average molecular weight is 279 g/mol. The van der Waals surface area contributed by atoms with Gasteiger partial charge in [-0.05, 0) is 24.5 Å². The van der Waals surface area contributed by atoms with Crippen molar-refractivity contribution >= 4 is 21.7 Å². The predicted molar refractivity (Wildman–Crippen MR) is 69.5 cm³/mol. The normalized spacial score (nSPS) is 25.4. The highest BCUT2D eigenvalue weighted by Crippen LogP contribution is 2.41. The Kier molecular flexibility index (Phi) is 3.29. The van der Waals surface area contributed by atoms with E-state index in [2.05, 4.69) is 28.6 Å². The number of benzene rings is 1. The van der Waals surface area contributed by atoms with Crippen molar-refractivity contribution < 1.29 is 4.79 Å². The molecule has 1 aliphatic carbocycles. The molecule has 1 nitrogen and oxygen atoms in total. The van der Waals surface area contributed by atoms with Crippen LogP contribution in [0.25, 0.3) is 0 Å². The smallest absolute Gasteiger partial charge is 0.134 e. The van der Waals surface area contributed by atoms with Crippen molar-refractivity contribution in [1.29, 1.82) is 0 Å². The molecule has 0 N–H and O–H groups in total. The highest BCUT2D eigenvalue weighted by Gasteiger charge is 2.35. The molecule has 1 unspecified atom stereocenters. The Morgan fingerprint density at radius 3 is 2.75 bits per heavy atom. The molecule has 84 valence electrons. The minimum Gasteiger partial charge on any atom is -0.300 e. The van der Waals surface area contributed by atoms with Crippen LogP contribution in [-0.2, 0) is 10.2 Å². The predicted octanol–water partition coefficient (Wildman–Crippen LogP) is 4.02. The largest absolute Gasteiger partial charge is 0.300 e. The van der Waals surface area contributed by atoms with Crippen LogP contribution in [0.1, 0.15) is 31.2 Å². The first kappa shape index (κ1) is 11.6. The van der Waals surface area contributed by atoms with Gasteiger partial charge in [0.05, 0.1) is 0 Å². The Bertz CT molecular complexity index is 424. The lowest BCUT2D eigenvalue weighted by molar-refractivity contribution is -0.121. The molecular formula is C14H15BrO. The Balaban J connectivity index is 2.45. The van der Waals surface area contributed by atoms with Gasteiger partial charge in [0.15, 0.2) is 0 Å². The number of carbonyl (C=O) groups is 1. The van der Waals surface area contributed by atoms with Gasteiger partial charge in [-0.2, -0.15) is 0 Å². The summed E-state index contributed by atoms with van der Waals surface area (Å²) >= 11 is 3.57. The fourth-order valence-corrected chi connectivity index (χ4v) is 3.19. The quantitative estimate of drug-likeness (QED) is 0.747. The van der Waals surface area contributed by atoms with E-state index >= 15 is 0 Å². The van der Waals surface area contributed by atoms with Crippen LogP contribution in [0.3, 0.4) is 0 Å². The summed E-state index contributed by atoms with van der Waals surface area (Å²) in [6.07, 6.45) is 5.25. The molecule has 0 aliphatic heterocycles. The fraction of sp³-hybridized carbons (Fsp3) is 0.357. The van der Waals surface area contributed by atoms with Crippen LogP contribution < -0.4 is 0 Å². The first-order chi connectivity index (χ1) is 7.68. The van der Waals surface area contributed by atoms with Gasteiger partial charge in [-0.1, -0.05) is 40.2 Å². The molecule has 0 saturated heterocycles. The van der Waals surface area contributed by atoms with E-state index in [0.29, 0.717) is 12.2 Å². The van der Waals surface area contributed by atoms with Crippen LogP contribution >= 0.6 is 15.9 Å². The monoisotopic (exact) mass is 278 g/mol. The van der Waals surface area contributed by atoms with Gasteiger partial charge in [0.1, 0.15) is 5.78 Å². The van der Waals surface area contributed by atoms with Crippen LogP contribution in [0.5, 0.6) is 0 Å².